The first-order valence-corrected chi connectivity index (χ1v) is 7.81. The summed E-state index contributed by atoms with van der Waals surface area (Å²) in [5.74, 6) is -0.381. The molecular formula is C19H15ClN2O2. The van der Waals surface area contributed by atoms with Crippen molar-refractivity contribution in [3.63, 3.8) is 0 Å². The molecule has 2 aromatic carbocycles. The molecule has 0 aliphatic heterocycles. The third kappa shape index (κ3) is 3.44. The van der Waals surface area contributed by atoms with Gasteiger partial charge in [-0.25, -0.2) is 14.8 Å². The van der Waals surface area contributed by atoms with Crippen LogP contribution in [0.5, 0.6) is 0 Å². The number of benzene rings is 2. The second-order valence-electron chi connectivity index (χ2n) is 5.54. The number of halogens is 1. The molecule has 0 fully saturated rings. The van der Waals surface area contributed by atoms with E-state index in [0.29, 0.717) is 22.8 Å². The molecule has 0 atom stereocenters. The maximum Gasteiger partial charge on any atom is 0.335 e. The molecule has 0 saturated carbocycles. The lowest BCUT2D eigenvalue weighted by molar-refractivity contribution is 0.0695. The van der Waals surface area contributed by atoms with E-state index in [0.717, 1.165) is 22.3 Å². The number of aryl methyl sites for hydroxylation is 1. The minimum atomic E-state index is -0.928. The second-order valence-corrected chi connectivity index (χ2v) is 5.94. The zero-order valence-corrected chi connectivity index (χ0v) is 13.8. The number of hydrogen-bond donors (Lipinski definition) is 1. The van der Waals surface area contributed by atoms with Gasteiger partial charge in [-0.05, 0) is 36.2 Å². The Morgan fingerprint density at radius 1 is 1.12 bits per heavy atom. The topological polar surface area (TPSA) is 63.1 Å². The van der Waals surface area contributed by atoms with Gasteiger partial charge in [-0.3, -0.25) is 0 Å². The first-order chi connectivity index (χ1) is 11.5. The molecule has 4 nitrogen and oxygen atoms in total. The lowest BCUT2D eigenvalue weighted by Crippen LogP contribution is -2.04. The van der Waals surface area contributed by atoms with Gasteiger partial charge < -0.3 is 5.11 Å². The molecule has 1 N–H and O–H groups in total. The van der Waals surface area contributed by atoms with Crippen LogP contribution in [0.25, 0.3) is 11.4 Å². The largest absolute Gasteiger partial charge is 0.478 e. The molecule has 1 heterocycles. The van der Waals surface area contributed by atoms with Gasteiger partial charge in [-0.1, -0.05) is 41.4 Å². The van der Waals surface area contributed by atoms with E-state index in [1.165, 1.54) is 0 Å². The van der Waals surface area contributed by atoms with E-state index in [4.69, 9.17) is 11.6 Å². The van der Waals surface area contributed by atoms with Gasteiger partial charge in [-0.2, -0.15) is 0 Å². The minimum Gasteiger partial charge on any atom is -0.478 e. The summed E-state index contributed by atoms with van der Waals surface area (Å²) in [5, 5.41) is 9.94. The predicted molar refractivity (Wildman–Crippen MR) is 93.4 cm³/mol. The van der Waals surface area contributed by atoms with Crippen molar-refractivity contribution in [2.24, 2.45) is 0 Å². The van der Waals surface area contributed by atoms with E-state index in [2.05, 4.69) is 9.97 Å². The first kappa shape index (κ1) is 16.1. The fraction of sp³-hybridized carbons (Fsp3) is 0.105. The Morgan fingerprint density at radius 3 is 2.50 bits per heavy atom. The molecule has 0 unspecified atom stereocenters. The van der Waals surface area contributed by atoms with Gasteiger partial charge in [0, 0.05) is 24.4 Å². The number of carboxylic acids is 1. The molecule has 3 rings (SSSR count). The Balaban J connectivity index is 1.88. The summed E-state index contributed by atoms with van der Waals surface area (Å²) in [6.45, 7) is 1.87. The van der Waals surface area contributed by atoms with Gasteiger partial charge in [-0.15, -0.1) is 0 Å². The number of rotatable bonds is 4. The molecule has 0 aliphatic rings. The van der Waals surface area contributed by atoms with E-state index in [9.17, 15) is 9.90 Å². The monoisotopic (exact) mass is 338 g/mol. The number of hydrogen-bond acceptors (Lipinski definition) is 3. The highest BCUT2D eigenvalue weighted by Gasteiger charge is 2.12. The van der Waals surface area contributed by atoms with Crippen LogP contribution in [-0.2, 0) is 6.42 Å². The maximum atomic E-state index is 11.4. The Labute approximate surface area is 144 Å². The molecule has 0 aliphatic carbocycles. The second kappa shape index (κ2) is 6.81. The highest BCUT2D eigenvalue weighted by molar-refractivity contribution is 6.33. The summed E-state index contributed by atoms with van der Waals surface area (Å²) in [6.07, 6.45) is 3.87. The maximum absolute atomic E-state index is 11.4. The summed E-state index contributed by atoms with van der Waals surface area (Å²) >= 11 is 6.15. The lowest BCUT2D eigenvalue weighted by Gasteiger charge is -2.08. The van der Waals surface area contributed by atoms with Crippen LogP contribution >= 0.6 is 11.6 Å². The molecule has 0 radical (unpaired) electrons. The van der Waals surface area contributed by atoms with Gasteiger partial charge in [0.2, 0.25) is 0 Å². The zero-order valence-electron chi connectivity index (χ0n) is 13.0. The quantitative estimate of drug-likeness (QED) is 0.766. The molecule has 5 heteroatoms. The Kier molecular flexibility index (Phi) is 4.58. The summed E-state index contributed by atoms with van der Waals surface area (Å²) in [4.78, 5) is 20.1. The molecule has 0 amide bonds. The molecule has 0 bridgehead atoms. The Bertz CT molecular complexity index is 892. The van der Waals surface area contributed by atoms with Crippen LogP contribution in [-0.4, -0.2) is 21.0 Å². The number of nitrogens with zero attached hydrogens (tertiary/aromatic N) is 2. The van der Waals surface area contributed by atoms with Gasteiger partial charge in [0.1, 0.15) is 0 Å². The van der Waals surface area contributed by atoms with Crippen molar-refractivity contribution in [1.82, 2.24) is 9.97 Å². The number of carbonyl (C=O) groups is 1. The minimum absolute atomic E-state index is 0.310. The van der Waals surface area contributed by atoms with E-state index >= 15 is 0 Å². The molecule has 120 valence electrons. The van der Waals surface area contributed by atoms with Crippen LogP contribution in [0.4, 0.5) is 0 Å². The van der Waals surface area contributed by atoms with Crippen LogP contribution in [0.2, 0.25) is 5.02 Å². The average Bonchev–Trinajstić information content (AvgIpc) is 2.57. The normalized spacial score (nSPS) is 10.6. The van der Waals surface area contributed by atoms with Gasteiger partial charge in [0.05, 0.1) is 10.6 Å². The molecule has 3 aromatic rings. The fourth-order valence-corrected chi connectivity index (χ4v) is 2.71. The first-order valence-electron chi connectivity index (χ1n) is 7.43. The molecule has 0 saturated heterocycles. The van der Waals surface area contributed by atoms with Crippen LogP contribution in [0.1, 0.15) is 27.0 Å². The van der Waals surface area contributed by atoms with Crippen molar-refractivity contribution >= 4 is 17.6 Å². The average molecular weight is 339 g/mol. The summed E-state index contributed by atoms with van der Waals surface area (Å²) in [5.41, 5.74) is 3.58. The fourth-order valence-electron chi connectivity index (χ4n) is 2.49. The Hall–Kier alpha value is -2.72. The van der Waals surface area contributed by atoms with Crippen molar-refractivity contribution < 1.29 is 9.90 Å². The van der Waals surface area contributed by atoms with Gasteiger partial charge in [0.15, 0.2) is 5.82 Å². The zero-order chi connectivity index (χ0) is 17.1. The van der Waals surface area contributed by atoms with E-state index < -0.39 is 5.97 Å². The van der Waals surface area contributed by atoms with Crippen molar-refractivity contribution in [2.75, 3.05) is 0 Å². The van der Waals surface area contributed by atoms with Crippen LogP contribution in [0.3, 0.4) is 0 Å². The summed E-state index contributed by atoms with van der Waals surface area (Å²) < 4.78 is 0. The number of carboxylic acid groups (broad SMARTS) is 1. The molecular weight excluding hydrogens is 324 g/mol. The van der Waals surface area contributed by atoms with E-state index in [1.807, 2.05) is 37.3 Å². The van der Waals surface area contributed by atoms with Gasteiger partial charge >= 0.3 is 5.97 Å². The SMILES string of the molecule is Cc1ccc(Cc2cnc(-c3ccccc3Cl)nc2)c(C(=O)O)c1. The van der Waals surface area contributed by atoms with Crippen molar-refractivity contribution in [2.45, 2.75) is 13.3 Å². The van der Waals surface area contributed by atoms with Crippen LogP contribution in [0.15, 0.2) is 54.9 Å². The smallest absolute Gasteiger partial charge is 0.335 e. The third-order valence-corrected chi connectivity index (χ3v) is 4.04. The molecule has 1 aromatic heterocycles. The van der Waals surface area contributed by atoms with Gasteiger partial charge in [0.25, 0.3) is 0 Å². The third-order valence-electron chi connectivity index (χ3n) is 3.71. The molecule has 0 spiro atoms. The summed E-state index contributed by atoms with van der Waals surface area (Å²) in [6, 6.07) is 12.8. The predicted octanol–water partition coefficient (Wildman–Crippen LogP) is 4.39. The van der Waals surface area contributed by atoms with Crippen LogP contribution < -0.4 is 0 Å². The van der Waals surface area contributed by atoms with Crippen molar-refractivity contribution in [3.8, 4) is 11.4 Å². The van der Waals surface area contributed by atoms with E-state index in [-0.39, 0.29) is 0 Å². The number of aromatic nitrogens is 2. The highest BCUT2D eigenvalue weighted by atomic mass is 35.5. The van der Waals surface area contributed by atoms with E-state index in [1.54, 1.807) is 24.5 Å². The lowest BCUT2D eigenvalue weighted by atomic mass is 9.99. The standard InChI is InChI=1S/C19H15ClN2O2/c1-12-6-7-14(16(8-12)19(23)24)9-13-10-21-18(22-11-13)15-4-2-3-5-17(15)20/h2-8,10-11H,9H2,1H3,(H,23,24). The highest BCUT2D eigenvalue weighted by Crippen LogP contribution is 2.24. The number of aromatic carboxylic acids is 1. The van der Waals surface area contributed by atoms with Crippen molar-refractivity contribution in [1.29, 1.82) is 0 Å². The van der Waals surface area contributed by atoms with Crippen LogP contribution in [0, 0.1) is 6.92 Å². The molecule has 24 heavy (non-hydrogen) atoms. The van der Waals surface area contributed by atoms with Crippen molar-refractivity contribution in [3.05, 3.63) is 82.1 Å². The summed E-state index contributed by atoms with van der Waals surface area (Å²) in [7, 11) is 0. The Morgan fingerprint density at radius 2 is 1.83 bits per heavy atom.